The molecular weight excluding hydrogens is 364 g/mol. The first kappa shape index (κ1) is 20.9. The first-order valence-electron chi connectivity index (χ1n) is 11.9. The predicted molar refractivity (Wildman–Crippen MR) is 114 cm³/mol. The van der Waals surface area contributed by atoms with Crippen LogP contribution >= 0.6 is 0 Å². The number of rotatable bonds is 7. The quantitative estimate of drug-likeness (QED) is 0.703. The van der Waals surface area contributed by atoms with Crippen LogP contribution < -0.4 is 0 Å². The van der Waals surface area contributed by atoms with E-state index in [1.807, 2.05) is 4.90 Å². The maximum absolute atomic E-state index is 13.2. The van der Waals surface area contributed by atoms with Gasteiger partial charge in [-0.2, -0.15) is 5.10 Å². The molecule has 1 unspecified atom stereocenters. The van der Waals surface area contributed by atoms with Crippen molar-refractivity contribution in [3.05, 3.63) is 17.0 Å². The number of carbonyl (C=O) groups is 1. The number of hydrogen-bond donors (Lipinski definition) is 0. The zero-order valence-corrected chi connectivity index (χ0v) is 18.2. The predicted octanol–water partition coefficient (Wildman–Crippen LogP) is 3.14. The number of amides is 1. The molecule has 0 bridgehead atoms. The highest BCUT2D eigenvalue weighted by atomic mass is 16.5. The van der Waals surface area contributed by atoms with Gasteiger partial charge >= 0.3 is 0 Å². The molecule has 6 heteroatoms. The summed E-state index contributed by atoms with van der Waals surface area (Å²) in [4.78, 5) is 17.8. The zero-order chi connectivity index (χ0) is 20.1. The minimum atomic E-state index is 0.185. The maximum atomic E-state index is 13.2. The highest BCUT2D eigenvalue weighted by molar-refractivity contribution is 5.94. The molecule has 4 rings (SSSR count). The monoisotopic (exact) mass is 402 g/mol. The number of hydrogen-bond acceptors (Lipinski definition) is 4. The van der Waals surface area contributed by atoms with Crippen molar-refractivity contribution in [2.24, 2.45) is 5.92 Å². The molecule has 1 aromatic heterocycles. The lowest BCUT2D eigenvalue weighted by Gasteiger charge is -2.29. The first-order valence-corrected chi connectivity index (χ1v) is 11.9. The maximum Gasteiger partial charge on any atom is 0.274 e. The van der Waals surface area contributed by atoms with Gasteiger partial charge in [0.15, 0.2) is 5.69 Å². The van der Waals surface area contributed by atoms with E-state index in [1.54, 1.807) is 0 Å². The lowest BCUT2D eigenvalue weighted by molar-refractivity contribution is 0.0366. The number of aromatic nitrogens is 2. The Morgan fingerprint density at radius 2 is 1.90 bits per heavy atom. The highest BCUT2D eigenvalue weighted by Crippen LogP contribution is 2.32. The number of morpholine rings is 1. The fourth-order valence-corrected chi connectivity index (χ4v) is 5.25. The summed E-state index contributed by atoms with van der Waals surface area (Å²) in [6.45, 7) is 10.0. The van der Waals surface area contributed by atoms with Gasteiger partial charge < -0.3 is 9.64 Å². The minimum Gasteiger partial charge on any atom is -0.379 e. The Morgan fingerprint density at radius 1 is 1.10 bits per heavy atom. The molecule has 3 aliphatic rings. The Hall–Kier alpha value is -1.40. The van der Waals surface area contributed by atoms with Crippen LogP contribution in [0.1, 0.15) is 73.6 Å². The average molecular weight is 403 g/mol. The summed E-state index contributed by atoms with van der Waals surface area (Å²) in [5.41, 5.74) is 3.39. The van der Waals surface area contributed by atoms with E-state index in [0.717, 1.165) is 83.7 Å². The Bertz CT molecular complexity index is 675. The molecule has 162 valence electrons. The first-order chi connectivity index (χ1) is 14.3. The normalized spacial score (nSPS) is 23.2. The molecular formula is C23H38N4O2. The number of nitrogens with zero attached hydrogens (tertiary/aromatic N) is 4. The zero-order valence-electron chi connectivity index (χ0n) is 18.2. The van der Waals surface area contributed by atoms with Gasteiger partial charge in [0.25, 0.3) is 5.91 Å². The van der Waals surface area contributed by atoms with Gasteiger partial charge in [-0.3, -0.25) is 14.4 Å². The molecule has 1 amide bonds. The third-order valence-corrected chi connectivity index (χ3v) is 6.92. The van der Waals surface area contributed by atoms with Crippen molar-refractivity contribution in [3.8, 4) is 0 Å². The summed E-state index contributed by atoms with van der Waals surface area (Å²) in [6, 6.07) is 0. The molecule has 0 aromatic carbocycles. The van der Waals surface area contributed by atoms with Crippen molar-refractivity contribution >= 4 is 5.91 Å². The third-order valence-electron chi connectivity index (χ3n) is 6.92. The Labute approximate surface area is 175 Å². The Kier molecular flexibility index (Phi) is 7.24. The molecule has 1 aromatic rings. The van der Waals surface area contributed by atoms with Crippen molar-refractivity contribution in [2.45, 2.75) is 71.3 Å². The molecule has 1 atom stereocenters. The molecule has 29 heavy (non-hydrogen) atoms. The van der Waals surface area contributed by atoms with E-state index < -0.39 is 0 Å². The van der Waals surface area contributed by atoms with E-state index in [0.29, 0.717) is 5.92 Å². The SMILES string of the molecule is CCCn1nc(C(=O)N2CCCCC2)c2c1CCC(CCCN1CCOCC1)C2. The fraction of sp³-hybridized carbons (Fsp3) is 0.826. The average Bonchev–Trinajstić information content (AvgIpc) is 3.13. The summed E-state index contributed by atoms with van der Waals surface area (Å²) in [6.07, 6.45) is 10.4. The molecule has 2 fully saturated rings. The number of carbonyl (C=O) groups excluding carboxylic acids is 1. The molecule has 6 nitrogen and oxygen atoms in total. The Balaban J connectivity index is 1.41. The molecule has 0 radical (unpaired) electrons. The van der Waals surface area contributed by atoms with Crippen molar-refractivity contribution in [2.75, 3.05) is 45.9 Å². The third kappa shape index (κ3) is 5.02. The molecule has 0 saturated carbocycles. The fourth-order valence-electron chi connectivity index (χ4n) is 5.25. The molecule has 0 spiro atoms. The van der Waals surface area contributed by atoms with Gasteiger partial charge in [-0.05, 0) is 70.3 Å². The van der Waals surface area contributed by atoms with Crippen molar-refractivity contribution in [1.82, 2.24) is 19.6 Å². The number of ether oxygens (including phenoxy) is 1. The van der Waals surface area contributed by atoms with E-state index in [2.05, 4.69) is 16.5 Å². The lowest BCUT2D eigenvalue weighted by Crippen LogP contribution is -2.37. The summed E-state index contributed by atoms with van der Waals surface area (Å²) < 4.78 is 7.61. The largest absolute Gasteiger partial charge is 0.379 e. The number of fused-ring (bicyclic) bond motifs is 1. The summed E-state index contributed by atoms with van der Waals surface area (Å²) in [5.74, 6) is 0.875. The van der Waals surface area contributed by atoms with Gasteiger partial charge in [0.1, 0.15) is 0 Å². The van der Waals surface area contributed by atoms with Crippen LogP contribution in [0, 0.1) is 5.92 Å². The molecule has 2 saturated heterocycles. The molecule has 2 aliphatic heterocycles. The molecule has 0 N–H and O–H groups in total. The Morgan fingerprint density at radius 3 is 2.66 bits per heavy atom. The van der Waals surface area contributed by atoms with Crippen LogP contribution in [-0.4, -0.2) is 71.4 Å². The minimum absolute atomic E-state index is 0.185. The van der Waals surface area contributed by atoms with Gasteiger partial charge in [0.2, 0.25) is 0 Å². The van der Waals surface area contributed by atoms with E-state index in [4.69, 9.17) is 9.84 Å². The number of piperidine rings is 1. The second kappa shape index (κ2) is 10.1. The smallest absolute Gasteiger partial charge is 0.274 e. The van der Waals surface area contributed by atoms with E-state index in [-0.39, 0.29) is 5.91 Å². The van der Waals surface area contributed by atoms with Crippen molar-refractivity contribution < 1.29 is 9.53 Å². The lowest BCUT2D eigenvalue weighted by atomic mass is 9.83. The topological polar surface area (TPSA) is 50.6 Å². The van der Waals surface area contributed by atoms with E-state index in [9.17, 15) is 4.79 Å². The van der Waals surface area contributed by atoms with Gasteiger partial charge in [-0.25, -0.2) is 0 Å². The van der Waals surface area contributed by atoms with Crippen LogP contribution in [-0.2, 0) is 24.1 Å². The standard InChI is InChI=1S/C23H38N4O2/c1-2-10-27-21-9-8-19(7-6-11-25-14-16-29-17-15-25)18-20(21)22(24-27)23(28)26-12-4-3-5-13-26/h19H,2-18H2,1H3. The highest BCUT2D eigenvalue weighted by Gasteiger charge is 2.31. The van der Waals surface area contributed by atoms with Crippen LogP contribution in [0.5, 0.6) is 0 Å². The van der Waals surface area contributed by atoms with Crippen molar-refractivity contribution in [1.29, 1.82) is 0 Å². The van der Waals surface area contributed by atoms with Crippen LogP contribution in [0.25, 0.3) is 0 Å². The summed E-state index contributed by atoms with van der Waals surface area (Å²) in [7, 11) is 0. The second-order valence-electron chi connectivity index (χ2n) is 9.05. The van der Waals surface area contributed by atoms with Crippen LogP contribution in [0.4, 0.5) is 0 Å². The van der Waals surface area contributed by atoms with Gasteiger partial charge in [-0.15, -0.1) is 0 Å². The van der Waals surface area contributed by atoms with Gasteiger partial charge in [0, 0.05) is 44.0 Å². The van der Waals surface area contributed by atoms with Crippen LogP contribution in [0.3, 0.4) is 0 Å². The van der Waals surface area contributed by atoms with Crippen LogP contribution in [0.15, 0.2) is 0 Å². The van der Waals surface area contributed by atoms with E-state index >= 15 is 0 Å². The van der Waals surface area contributed by atoms with Gasteiger partial charge in [-0.1, -0.05) is 6.92 Å². The number of aryl methyl sites for hydroxylation is 1. The molecule has 1 aliphatic carbocycles. The van der Waals surface area contributed by atoms with Gasteiger partial charge in [0.05, 0.1) is 13.2 Å². The molecule has 3 heterocycles. The summed E-state index contributed by atoms with van der Waals surface area (Å²) in [5, 5.41) is 4.85. The number of likely N-dealkylation sites (tertiary alicyclic amines) is 1. The van der Waals surface area contributed by atoms with Crippen molar-refractivity contribution in [3.63, 3.8) is 0 Å². The van der Waals surface area contributed by atoms with Crippen LogP contribution in [0.2, 0.25) is 0 Å². The second-order valence-corrected chi connectivity index (χ2v) is 9.05. The summed E-state index contributed by atoms with van der Waals surface area (Å²) >= 11 is 0. The van der Waals surface area contributed by atoms with E-state index in [1.165, 1.54) is 43.5 Å².